The summed E-state index contributed by atoms with van der Waals surface area (Å²) >= 11 is 0. The number of halogens is 1. The van der Waals surface area contributed by atoms with Gasteiger partial charge in [-0.2, -0.15) is 4.39 Å². The molecule has 0 spiro atoms. The molecular formula is C6H11FO5. The summed E-state index contributed by atoms with van der Waals surface area (Å²) in [4.78, 5) is 0. The monoisotopic (exact) mass is 182 g/mol. The van der Waals surface area contributed by atoms with E-state index in [1.807, 2.05) is 0 Å². The van der Waals surface area contributed by atoms with Crippen molar-refractivity contribution in [3.8, 4) is 0 Å². The van der Waals surface area contributed by atoms with E-state index in [1.165, 1.54) is 0 Å². The Balaban J connectivity index is 2.88. The van der Waals surface area contributed by atoms with Gasteiger partial charge >= 0.3 is 6.04 Å². The van der Waals surface area contributed by atoms with Crippen LogP contribution in [-0.2, 0) is 4.74 Å². The van der Waals surface area contributed by atoms with Crippen LogP contribution in [0, 0.1) is 0 Å². The van der Waals surface area contributed by atoms with Gasteiger partial charge in [0, 0.05) is 0 Å². The van der Waals surface area contributed by atoms with Crippen LogP contribution in [0.4, 0.5) is 4.39 Å². The summed E-state index contributed by atoms with van der Waals surface area (Å²) < 4.78 is 17.1. The first-order valence-corrected chi connectivity index (χ1v) is 3.43. The molecule has 1 fully saturated rings. The molecule has 0 saturated carbocycles. The summed E-state index contributed by atoms with van der Waals surface area (Å²) in [6.07, 6.45) is -2.97. The highest BCUT2D eigenvalue weighted by Gasteiger charge is 2.63. The van der Waals surface area contributed by atoms with Crippen LogP contribution in [0.3, 0.4) is 0 Å². The van der Waals surface area contributed by atoms with Crippen molar-refractivity contribution in [1.29, 1.82) is 0 Å². The second-order valence-corrected chi connectivity index (χ2v) is 2.99. The lowest BCUT2D eigenvalue weighted by Gasteiger charge is -2.26. The van der Waals surface area contributed by atoms with Gasteiger partial charge in [0.15, 0.2) is 5.60 Å². The molecule has 1 aliphatic heterocycles. The first-order valence-electron chi connectivity index (χ1n) is 3.43. The van der Waals surface area contributed by atoms with E-state index in [4.69, 9.17) is 15.3 Å². The van der Waals surface area contributed by atoms with Crippen LogP contribution in [-0.4, -0.2) is 50.9 Å². The molecule has 0 radical (unpaired) electrons. The van der Waals surface area contributed by atoms with Crippen molar-refractivity contribution >= 4 is 0 Å². The number of aliphatic hydroxyl groups excluding tert-OH is 2. The molecule has 1 saturated heterocycles. The zero-order valence-corrected chi connectivity index (χ0v) is 6.44. The molecule has 4 atom stereocenters. The topological polar surface area (TPSA) is 90.2 Å². The zero-order valence-electron chi connectivity index (χ0n) is 6.44. The SMILES string of the molecule is C[C@@]1(O)[C@H](O)[C@@H](CO)O[C@]1(O)F. The maximum atomic E-state index is 12.9. The summed E-state index contributed by atoms with van der Waals surface area (Å²) in [6.45, 7) is 0.205. The fourth-order valence-electron chi connectivity index (χ4n) is 1.07. The molecule has 1 aliphatic rings. The van der Waals surface area contributed by atoms with Crippen molar-refractivity contribution in [3.05, 3.63) is 0 Å². The molecule has 0 amide bonds. The van der Waals surface area contributed by atoms with Crippen molar-refractivity contribution in [2.75, 3.05) is 6.61 Å². The molecule has 0 aromatic rings. The highest BCUT2D eigenvalue weighted by atomic mass is 19.2. The number of hydrogen-bond donors (Lipinski definition) is 4. The Morgan fingerprint density at radius 2 is 2.00 bits per heavy atom. The van der Waals surface area contributed by atoms with Crippen LogP contribution in [0.15, 0.2) is 0 Å². The molecule has 12 heavy (non-hydrogen) atoms. The molecular weight excluding hydrogens is 171 g/mol. The van der Waals surface area contributed by atoms with Crippen molar-refractivity contribution in [2.24, 2.45) is 0 Å². The first kappa shape index (κ1) is 9.82. The molecule has 1 heterocycles. The van der Waals surface area contributed by atoms with Crippen LogP contribution in [0.1, 0.15) is 6.92 Å². The van der Waals surface area contributed by atoms with E-state index in [2.05, 4.69) is 4.74 Å². The average molecular weight is 182 g/mol. The Bertz CT molecular complexity index is 181. The minimum Gasteiger partial charge on any atom is -0.394 e. The van der Waals surface area contributed by atoms with E-state index < -0.39 is 30.5 Å². The molecule has 4 N–H and O–H groups in total. The molecule has 6 heteroatoms. The third kappa shape index (κ3) is 1.12. The summed E-state index contributed by atoms with van der Waals surface area (Å²) in [6, 6.07) is -3.32. The van der Waals surface area contributed by atoms with Gasteiger partial charge in [0.2, 0.25) is 0 Å². The third-order valence-electron chi connectivity index (χ3n) is 2.04. The normalized spacial score (nSPS) is 54.5. The number of rotatable bonds is 1. The lowest BCUT2D eigenvalue weighted by Crippen LogP contribution is -2.51. The Morgan fingerprint density at radius 1 is 1.50 bits per heavy atom. The predicted molar refractivity (Wildman–Crippen MR) is 34.6 cm³/mol. The van der Waals surface area contributed by atoms with Crippen LogP contribution >= 0.6 is 0 Å². The highest BCUT2D eigenvalue weighted by molar-refractivity contribution is 5.00. The lowest BCUT2D eigenvalue weighted by atomic mass is 9.97. The molecule has 5 nitrogen and oxygen atoms in total. The fourth-order valence-corrected chi connectivity index (χ4v) is 1.07. The lowest BCUT2D eigenvalue weighted by molar-refractivity contribution is -0.339. The van der Waals surface area contributed by atoms with Crippen molar-refractivity contribution in [3.63, 3.8) is 0 Å². The number of aliphatic hydroxyl groups is 4. The predicted octanol–water partition coefficient (Wildman–Crippen LogP) is -1.90. The van der Waals surface area contributed by atoms with Crippen molar-refractivity contribution in [2.45, 2.75) is 30.8 Å². The third-order valence-corrected chi connectivity index (χ3v) is 2.04. The van der Waals surface area contributed by atoms with Crippen LogP contribution in [0.2, 0.25) is 0 Å². The highest BCUT2D eigenvalue weighted by Crippen LogP contribution is 2.38. The number of alkyl halides is 1. The van der Waals surface area contributed by atoms with Crippen LogP contribution in [0.5, 0.6) is 0 Å². The van der Waals surface area contributed by atoms with Gasteiger partial charge in [-0.25, -0.2) is 0 Å². The molecule has 0 unspecified atom stereocenters. The van der Waals surface area contributed by atoms with Gasteiger partial charge < -0.3 is 25.2 Å². The standard InChI is InChI=1S/C6H11FO5/c1-5(10)4(9)3(2-8)12-6(5,7)11/h3-4,8-11H,2H2,1H3/t3-,4-,5-,6+/m1/s1. The van der Waals surface area contributed by atoms with E-state index in [-0.39, 0.29) is 0 Å². The van der Waals surface area contributed by atoms with Crippen LogP contribution < -0.4 is 0 Å². The van der Waals surface area contributed by atoms with Gasteiger partial charge in [-0.3, -0.25) is 0 Å². The summed E-state index contributed by atoms with van der Waals surface area (Å²) in [5.41, 5.74) is -2.42. The van der Waals surface area contributed by atoms with Crippen LogP contribution in [0.25, 0.3) is 0 Å². The Kier molecular flexibility index (Phi) is 2.13. The summed E-state index contributed by atoms with van der Waals surface area (Å²) in [5.74, 6) is 0. The molecule has 1 rings (SSSR count). The summed E-state index contributed by atoms with van der Waals surface area (Å²) in [7, 11) is 0. The van der Waals surface area contributed by atoms with Gasteiger partial charge in [-0.1, -0.05) is 0 Å². The van der Waals surface area contributed by atoms with E-state index in [1.54, 1.807) is 0 Å². The van der Waals surface area contributed by atoms with E-state index in [0.717, 1.165) is 6.92 Å². The second kappa shape index (κ2) is 2.61. The smallest absolute Gasteiger partial charge is 0.350 e. The van der Waals surface area contributed by atoms with Crippen molar-refractivity contribution in [1.82, 2.24) is 0 Å². The van der Waals surface area contributed by atoms with Crippen molar-refractivity contribution < 1.29 is 29.6 Å². The number of ether oxygens (including phenoxy) is 1. The molecule has 72 valence electrons. The minimum absolute atomic E-state index is 0.677. The molecule has 0 bridgehead atoms. The maximum Gasteiger partial charge on any atom is 0.350 e. The van der Waals surface area contributed by atoms with Gasteiger partial charge in [0.05, 0.1) is 6.61 Å². The van der Waals surface area contributed by atoms with E-state index in [0.29, 0.717) is 0 Å². The molecule has 0 aliphatic carbocycles. The van der Waals surface area contributed by atoms with Gasteiger partial charge in [-0.15, -0.1) is 0 Å². The minimum atomic E-state index is -3.32. The fraction of sp³-hybridized carbons (Fsp3) is 1.00. The van der Waals surface area contributed by atoms with Gasteiger partial charge in [-0.05, 0) is 6.92 Å². The van der Waals surface area contributed by atoms with E-state index >= 15 is 0 Å². The largest absolute Gasteiger partial charge is 0.394 e. The quantitative estimate of drug-likeness (QED) is 0.380. The van der Waals surface area contributed by atoms with Gasteiger partial charge in [0.1, 0.15) is 12.2 Å². The second-order valence-electron chi connectivity index (χ2n) is 2.99. The number of hydrogen-bond acceptors (Lipinski definition) is 5. The van der Waals surface area contributed by atoms with Gasteiger partial charge in [0.25, 0.3) is 0 Å². The Hall–Kier alpha value is -0.270. The van der Waals surface area contributed by atoms with E-state index in [9.17, 15) is 9.50 Å². The Morgan fingerprint density at radius 3 is 2.17 bits per heavy atom. The molecule has 0 aromatic heterocycles. The Labute approximate surface area is 68.0 Å². The molecule has 0 aromatic carbocycles. The zero-order chi connectivity index (χ0) is 9.57. The summed E-state index contributed by atoms with van der Waals surface area (Å²) in [5, 5.41) is 35.6. The average Bonchev–Trinajstić information content (AvgIpc) is 2.11. The first-order chi connectivity index (χ1) is 5.33. The maximum absolute atomic E-state index is 12.9.